The zero-order chi connectivity index (χ0) is 8.55. The van der Waals surface area contributed by atoms with Gasteiger partial charge in [-0.05, 0) is 12.5 Å². The Bertz CT molecular complexity index is 455. The molecule has 62 valence electrons. The fourth-order valence-corrected chi connectivity index (χ4v) is 1.18. The first-order valence-electron chi connectivity index (χ1n) is 3.86. The van der Waals surface area contributed by atoms with E-state index in [0.29, 0.717) is 0 Å². The second kappa shape index (κ2) is 2.48. The van der Waals surface area contributed by atoms with Crippen LogP contribution in [-0.2, 0) is 6.42 Å². The van der Waals surface area contributed by atoms with Crippen LogP contribution in [0.5, 0.6) is 0 Å². The number of aryl methyl sites for hydroxylation is 1. The van der Waals surface area contributed by atoms with E-state index in [1.54, 1.807) is 23.0 Å². The summed E-state index contributed by atoms with van der Waals surface area (Å²) in [4.78, 5) is 15.3. The predicted molar refractivity (Wildman–Crippen MR) is 45.2 cm³/mol. The summed E-state index contributed by atoms with van der Waals surface area (Å²) in [5.74, 6) is 0. The molecule has 4 nitrogen and oxygen atoms in total. The minimum absolute atomic E-state index is 0.0389. The summed E-state index contributed by atoms with van der Waals surface area (Å²) in [7, 11) is 0. The lowest BCUT2D eigenvalue weighted by Crippen LogP contribution is -2.15. The first-order valence-corrected chi connectivity index (χ1v) is 3.86. The van der Waals surface area contributed by atoms with Gasteiger partial charge in [0.05, 0.1) is 0 Å². The Kier molecular flexibility index (Phi) is 1.46. The van der Waals surface area contributed by atoms with Gasteiger partial charge in [-0.15, -0.1) is 0 Å². The Morgan fingerprint density at radius 3 is 3.25 bits per heavy atom. The molecule has 0 radical (unpaired) electrons. The molecule has 2 heterocycles. The quantitative estimate of drug-likeness (QED) is 0.668. The third-order valence-electron chi connectivity index (χ3n) is 1.87. The fourth-order valence-electron chi connectivity index (χ4n) is 1.18. The number of nitrogens with zero attached hydrogens (tertiary/aromatic N) is 2. The van der Waals surface area contributed by atoms with Crippen LogP contribution in [0.2, 0.25) is 0 Å². The Morgan fingerprint density at radius 1 is 1.67 bits per heavy atom. The van der Waals surface area contributed by atoms with E-state index in [0.717, 1.165) is 17.6 Å². The number of aromatic amines is 1. The van der Waals surface area contributed by atoms with Gasteiger partial charge >= 0.3 is 0 Å². The lowest BCUT2D eigenvalue weighted by molar-refractivity contribution is 0.877. The monoisotopic (exact) mass is 163 g/mol. The average Bonchev–Trinajstić information content (AvgIpc) is 2.49. The van der Waals surface area contributed by atoms with E-state index in [2.05, 4.69) is 10.1 Å². The van der Waals surface area contributed by atoms with E-state index in [4.69, 9.17) is 0 Å². The second-order valence-electron chi connectivity index (χ2n) is 2.62. The SMILES string of the molecule is CCc1cc2nccn2[nH]c1=O. The number of nitrogens with one attached hydrogen (secondary N) is 1. The Balaban J connectivity index is 2.82. The third-order valence-corrected chi connectivity index (χ3v) is 1.87. The molecule has 0 amide bonds. The number of imidazole rings is 1. The van der Waals surface area contributed by atoms with Gasteiger partial charge in [0.1, 0.15) is 0 Å². The highest BCUT2D eigenvalue weighted by Crippen LogP contribution is 1.98. The van der Waals surface area contributed by atoms with Crippen molar-refractivity contribution in [3.05, 3.63) is 34.4 Å². The summed E-state index contributed by atoms with van der Waals surface area (Å²) >= 11 is 0. The molecule has 0 unspecified atom stereocenters. The van der Waals surface area contributed by atoms with Crippen LogP contribution in [0, 0.1) is 0 Å². The molecule has 0 saturated carbocycles. The zero-order valence-corrected chi connectivity index (χ0v) is 6.74. The van der Waals surface area contributed by atoms with E-state index >= 15 is 0 Å². The topological polar surface area (TPSA) is 50.2 Å². The number of aromatic nitrogens is 3. The predicted octanol–water partition coefficient (Wildman–Crippen LogP) is 0.585. The summed E-state index contributed by atoms with van der Waals surface area (Å²) in [5.41, 5.74) is 1.52. The lowest BCUT2D eigenvalue weighted by atomic mass is 10.2. The number of fused-ring (bicyclic) bond motifs is 1. The number of hydrogen-bond donors (Lipinski definition) is 1. The van der Waals surface area contributed by atoms with Gasteiger partial charge in [0.15, 0.2) is 5.65 Å². The number of H-pyrrole nitrogens is 1. The number of hydrogen-bond acceptors (Lipinski definition) is 2. The molecule has 2 rings (SSSR count). The summed E-state index contributed by atoms with van der Waals surface area (Å²) in [5, 5.41) is 2.69. The maximum absolute atomic E-state index is 11.3. The third kappa shape index (κ3) is 0.922. The fraction of sp³-hybridized carbons (Fsp3) is 0.250. The van der Waals surface area contributed by atoms with Crippen LogP contribution < -0.4 is 5.56 Å². The summed E-state index contributed by atoms with van der Waals surface area (Å²) in [6, 6.07) is 1.80. The highest BCUT2D eigenvalue weighted by Gasteiger charge is 1.99. The largest absolute Gasteiger partial charge is 0.268 e. The van der Waals surface area contributed by atoms with Crippen molar-refractivity contribution >= 4 is 5.65 Å². The van der Waals surface area contributed by atoms with E-state index in [9.17, 15) is 4.79 Å². The average molecular weight is 163 g/mol. The Labute approximate surface area is 68.8 Å². The molecule has 0 aromatic carbocycles. The van der Waals surface area contributed by atoms with Crippen LogP contribution in [0.3, 0.4) is 0 Å². The minimum atomic E-state index is -0.0389. The van der Waals surface area contributed by atoms with Crippen LogP contribution in [0.1, 0.15) is 12.5 Å². The van der Waals surface area contributed by atoms with Crippen molar-refractivity contribution < 1.29 is 0 Å². The van der Waals surface area contributed by atoms with Gasteiger partial charge in [0.25, 0.3) is 5.56 Å². The van der Waals surface area contributed by atoms with Crippen molar-refractivity contribution in [2.24, 2.45) is 0 Å². The maximum atomic E-state index is 11.3. The van der Waals surface area contributed by atoms with Crippen molar-refractivity contribution in [3.63, 3.8) is 0 Å². The van der Waals surface area contributed by atoms with Gasteiger partial charge in [-0.3, -0.25) is 9.89 Å². The lowest BCUT2D eigenvalue weighted by Gasteiger charge is -1.96. The van der Waals surface area contributed by atoms with Crippen LogP contribution in [0.25, 0.3) is 5.65 Å². The van der Waals surface area contributed by atoms with Crippen molar-refractivity contribution in [1.29, 1.82) is 0 Å². The van der Waals surface area contributed by atoms with Crippen LogP contribution in [0.4, 0.5) is 0 Å². The van der Waals surface area contributed by atoms with Gasteiger partial charge in [0, 0.05) is 18.0 Å². The van der Waals surface area contributed by atoms with E-state index < -0.39 is 0 Å². The molecule has 1 N–H and O–H groups in total. The second-order valence-corrected chi connectivity index (χ2v) is 2.62. The molecule has 0 aliphatic rings. The van der Waals surface area contributed by atoms with Gasteiger partial charge in [-0.1, -0.05) is 6.92 Å². The van der Waals surface area contributed by atoms with Crippen LogP contribution in [0.15, 0.2) is 23.3 Å². The molecule has 12 heavy (non-hydrogen) atoms. The highest BCUT2D eigenvalue weighted by molar-refractivity contribution is 5.38. The van der Waals surface area contributed by atoms with Crippen molar-refractivity contribution in [2.45, 2.75) is 13.3 Å². The van der Waals surface area contributed by atoms with E-state index in [1.165, 1.54) is 0 Å². The zero-order valence-electron chi connectivity index (χ0n) is 6.74. The Hall–Kier alpha value is -1.58. The molecular formula is C8H9N3O. The molecule has 0 aliphatic heterocycles. The van der Waals surface area contributed by atoms with Crippen molar-refractivity contribution in [1.82, 2.24) is 14.6 Å². The molecule has 0 atom stereocenters. The first-order chi connectivity index (χ1) is 5.81. The standard InChI is InChI=1S/C8H9N3O/c1-2-6-5-7-9-3-4-11(7)10-8(6)12/h3-5H,2H2,1H3,(H,10,12). The number of rotatable bonds is 1. The summed E-state index contributed by atoms with van der Waals surface area (Å²) in [6.45, 7) is 1.95. The molecule has 4 heteroatoms. The highest BCUT2D eigenvalue weighted by atomic mass is 16.1. The van der Waals surface area contributed by atoms with Gasteiger partial charge < -0.3 is 0 Å². The molecule has 0 aliphatic carbocycles. The smallest absolute Gasteiger partial charge is 0.266 e. The van der Waals surface area contributed by atoms with Crippen molar-refractivity contribution in [3.8, 4) is 0 Å². The Morgan fingerprint density at radius 2 is 2.50 bits per heavy atom. The summed E-state index contributed by atoms with van der Waals surface area (Å²) in [6.07, 6.45) is 4.11. The molecule has 0 spiro atoms. The van der Waals surface area contributed by atoms with Gasteiger partial charge in [-0.25, -0.2) is 9.50 Å². The molecule has 2 aromatic heterocycles. The normalized spacial score (nSPS) is 10.8. The molecule has 2 aromatic rings. The molecule has 0 fully saturated rings. The molecule has 0 bridgehead atoms. The van der Waals surface area contributed by atoms with E-state index in [-0.39, 0.29) is 5.56 Å². The van der Waals surface area contributed by atoms with E-state index in [1.807, 2.05) is 6.92 Å². The maximum Gasteiger partial charge on any atom is 0.266 e. The minimum Gasteiger partial charge on any atom is -0.268 e. The summed E-state index contributed by atoms with van der Waals surface area (Å²) < 4.78 is 1.61. The van der Waals surface area contributed by atoms with Crippen molar-refractivity contribution in [2.75, 3.05) is 0 Å². The molecular weight excluding hydrogens is 154 g/mol. The van der Waals surface area contributed by atoms with Gasteiger partial charge in [0.2, 0.25) is 0 Å². The molecule has 0 saturated heterocycles. The van der Waals surface area contributed by atoms with Gasteiger partial charge in [-0.2, -0.15) is 0 Å². The first kappa shape index (κ1) is 7.09. The van der Waals surface area contributed by atoms with Crippen LogP contribution in [-0.4, -0.2) is 14.6 Å². The van der Waals surface area contributed by atoms with Crippen LogP contribution >= 0.6 is 0 Å².